The molecular formula is C23H29Cl3N5O5+. The maximum Gasteiger partial charge on any atom is 0.328 e. The molecule has 4 rings (SSSR count). The van der Waals surface area contributed by atoms with Crippen molar-refractivity contribution in [1.82, 2.24) is 19.5 Å². The first-order valence-corrected chi connectivity index (χ1v) is 12.9. The van der Waals surface area contributed by atoms with Crippen molar-refractivity contribution >= 4 is 45.8 Å². The predicted molar refractivity (Wildman–Crippen MR) is 133 cm³/mol. The number of hydrogen-bond acceptors (Lipinski definition) is 8. The summed E-state index contributed by atoms with van der Waals surface area (Å²) in [4.78, 5) is 18.3. The Hall–Kier alpha value is -1.79. The second kappa shape index (κ2) is 12.2. The largest absolute Gasteiger partial charge is 0.390 e. The average molecular weight is 562 g/mol. The molecule has 3 heterocycles. The van der Waals surface area contributed by atoms with Gasteiger partial charge in [0.2, 0.25) is 10.3 Å². The number of nitrogens with zero attached hydrogens (tertiary/aromatic N) is 5. The van der Waals surface area contributed by atoms with E-state index in [0.717, 1.165) is 5.39 Å². The molecule has 0 bridgehead atoms. The van der Waals surface area contributed by atoms with Crippen LogP contribution >= 0.6 is 34.8 Å². The number of halogens is 3. The van der Waals surface area contributed by atoms with Crippen molar-refractivity contribution < 1.29 is 29.3 Å². The van der Waals surface area contributed by atoms with E-state index in [1.165, 1.54) is 17.4 Å². The first-order chi connectivity index (χ1) is 17.3. The van der Waals surface area contributed by atoms with E-state index in [1.807, 2.05) is 30.7 Å². The summed E-state index contributed by atoms with van der Waals surface area (Å²) < 4.78 is 14.4. The highest BCUT2D eigenvalue weighted by molar-refractivity contribution is 6.34. The summed E-state index contributed by atoms with van der Waals surface area (Å²) in [6, 6.07) is 1.83. The van der Waals surface area contributed by atoms with Crippen LogP contribution in [0, 0.1) is 11.8 Å². The summed E-state index contributed by atoms with van der Waals surface area (Å²) in [5, 5.41) is 23.0. The van der Waals surface area contributed by atoms with E-state index in [0.29, 0.717) is 49.0 Å². The van der Waals surface area contributed by atoms with Crippen molar-refractivity contribution in [3.8, 4) is 0 Å². The fourth-order valence-electron chi connectivity index (χ4n) is 4.54. The molecule has 4 atom stereocenters. The maximum absolute atomic E-state index is 10.7. The number of rotatable bonds is 11. The Morgan fingerprint density at radius 1 is 1.06 bits per heavy atom. The van der Waals surface area contributed by atoms with Crippen LogP contribution in [0.1, 0.15) is 25.8 Å². The highest BCUT2D eigenvalue weighted by atomic mass is 35.5. The molecule has 1 aliphatic rings. The van der Waals surface area contributed by atoms with Gasteiger partial charge in [0, 0.05) is 44.2 Å². The number of aliphatic hydroxyl groups is 2. The minimum atomic E-state index is -0.963. The molecule has 1 fully saturated rings. The van der Waals surface area contributed by atoms with Gasteiger partial charge >= 0.3 is 6.33 Å². The van der Waals surface area contributed by atoms with Gasteiger partial charge in [-0.2, -0.15) is 0 Å². The highest BCUT2D eigenvalue weighted by Gasteiger charge is 2.42. The quantitative estimate of drug-likeness (QED) is 0.208. The summed E-state index contributed by atoms with van der Waals surface area (Å²) in [7, 11) is 0. The van der Waals surface area contributed by atoms with Gasteiger partial charge in [-0.15, -0.1) is 0 Å². The molecule has 13 heteroatoms. The molecule has 0 aliphatic heterocycles. The minimum absolute atomic E-state index is 0.114. The molecule has 0 radical (unpaired) electrons. The number of ether oxygens (including phenoxy) is 2. The van der Waals surface area contributed by atoms with Crippen molar-refractivity contribution in [2.75, 3.05) is 19.8 Å². The van der Waals surface area contributed by atoms with E-state index < -0.39 is 18.5 Å². The summed E-state index contributed by atoms with van der Waals surface area (Å²) in [6.45, 7) is 5.26. The lowest BCUT2D eigenvalue weighted by Crippen LogP contribution is -2.48. The van der Waals surface area contributed by atoms with Crippen LogP contribution in [-0.4, -0.2) is 68.1 Å². The second-order valence-electron chi connectivity index (χ2n) is 8.58. The Bertz CT molecular complexity index is 1180. The van der Waals surface area contributed by atoms with Crippen molar-refractivity contribution in [2.24, 2.45) is 11.8 Å². The fraction of sp³-hybridized carbons (Fsp3) is 0.565. The van der Waals surface area contributed by atoms with E-state index in [-0.39, 0.29) is 28.7 Å². The third-order valence-corrected chi connectivity index (χ3v) is 7.35. The molecular weight excluding hydrogens is 533 g/mol. The van der Waals surface area contributed by atoms with Crippen LogP contribution in [0.4, 0.5) is 0 Å². The summed E-state index contributed by atoms with van der Waals surface area (Å²) in [6.07, 6.45) is 3.03. The molecule has 0 saturated heterocycles. The minimum Gasteiger partial charge on any atom is -0.390 e. The van der Waals surface area contributed by atoms with Gasteiger partial charge in [-0.25, -0.2) is 9.97 Å². The maximum atomic E-state index is 10.7. The standard InChI is InChI=1S/C23H29Cl3N5O5/c1-3-34-17(35-4-2)8-16-21(25)29-12-31(22(16)26)36-10-14-7-13(18(32)19(14)33)9-30-6-5-15-20(24)27-11-28-23(15)30/h5-6,11-14,17-19,32-33H,3-4,7-10H2,1-2H3/q+1/t13?,14?,18-,19+/m0/s1. The van der Waals surface area contributed by atoms with Gasteiger partial charge in [-0.3, -0.25) is 0 Å². The number of hydrogen-bond donors (Lipinski definition) is 2. The molecule has 1 saturated carbocycles. The molecule has 3 aromatic heterocycles. The third-order valence-electron chi connectivity index (χ3n) is 6.33. The fourth-order valence-corrected chi connectivity index (χ4v) is 5.25. The lowest BCUT2D eigenvalue weighted by Gasteiger charge is -2.18. The molecule has 3 aromatic rings. The predicted octanol–water partition coefficient (Wildman–Crippen LogP) is 2.50. The summed E-state index contributed by atoms with van der Waals surface area (Å²) in [5.41, 5.74) is 1.20. The van der Waals surface area contributed by atoms with Crippen molar-refractivity contribution in [1.29, 1.82) is 0 Å². The van der Waals surface area contributed by atoms with Crippen LogP contribution < -0.4 is 9.57 Å². The molecule has 10 nitrogen and oxygen atoms in total. The van der Waals surface area contributed by atoms with Crippen molar-refractivity contribution in [2.45, 2.75) is 51.7 Å². The summed E-state index contributed by atoms with van der Waals surface area (Å²) >= 11 is 19.0. The van der Waals surface area contributed by atoms with Crippen LogP contribution in [0.5, 0.6) is 0 Å². The van der Waals surface area contributed by atoms with Gasteiger partial charge in [-0.05, 0) is 59.3 Å². The molecule has 0 spiro atoms. The average Bonchev–Trinajstić information content (AvgIpc) is 3.39. The number of aliphatic hydroxyl groups excluding tert-OH is 2. The van der Waals surface area contributed by atoms with E-state index in [9.17, 15) is 10.2 Å². The molecule has 0 amide bonds. The van der Waals surface area contributed by atoms with Gasteiger partial charge in [0.15, 0.2) is 6.29 Å². The van der Waals surface area contributed by atoms with Crippen LogP contribution in [0.25, 0.3) is 11.0 Å². The van der Waals surface area contributed by atoms with Gasteiger partial charge in [-0.1, -0.05) is 11.6 Å². The lowest BCUT2D eigenvalue weighted by atomic mass is 10.0. The second-order valence-corrected chi connectivity index (χ2v) is 9.65. The van der Waals surface area contributed by atoms with E-state index in [1.54, 1.807) is 0 Å². The SMILES string of the molecule is CCOC(Cc1c(Cl)nc[n+](OCC2CC(Cn3ccc4c(Cl)ncnc43)[C@H](O)[C@@H]2O)c1Cl)OCC. The Balaban J connectivity index is 1.42. The Kier molecular flexibility index (Phi) is 9.21. The van der Waals surface area contributed by atoms with Gasteiger partial charge in [0.1, 0.15) is 23.7 Å². The molecule has 36 heavy (non-hydrogen) atoms. The zero-order valence-electron chi connectivity index (χ0n) is 19.9. The van der Waals surface area contributed by atoms with Crippen LogP contribution in [0.2, 0.25) is 15.5 Å². The highest BCUT2D eigenvalue weighted by Crippen LogP contribution is 2.34. The zero-order chi connectivity index (χ0) is 25.8. The van der Waals surface area contributed by atoms with Crippen molar-refractivity contribution in [3.05, 3.63) is 45.9 Å². The zero-order valence-corrected chi connectivity index (χ0v) is 22.2. The van der Waals surface area contributed by atoms with Crippen LogP contribution in [-0.2, 0) is 22.4 Å². The molecule has 1 aliphatic carbocycles. The third kappa shape index (κ3) is 5.85. The smallest absolute Gasteiger partial charge is 0.328 e. The Labute approximate surface area is 223 Å². The van der Waals surface area contributed by atoms with E-state index in [2.05, 4.69) is 15.0 Å². The first kappa shape index (κ1) is 27.3. The lowest BCUT2D eigenvalue weighted by molar-refractivity contribution is -0.892. The van der Waals surface area contributed by atoms with Gasteiger partial charge in [0.25, 0.3) is 0 Å². The van der Waals surface area contributed by atoms with E-state index >= 15 is 0 Å². The van der Waals surface area contributed by atoms with Gasteiger partial charge < -0.3 is 29.1 Å². The number of aromatic nitrogens is 5. The Morgan fingerprint density at radius 3 is 2.50 bits per heavy atom. The topological polar surface area (TPSA) is 116 Å². The number of fused-ring (bicyclic) bond motifs is 1. The van der Waals surface area contributed by atoms with Crippen LogP contribution in [0.3, 0.4) is 0 Å². The first-order valence-electron chi connectivity index (χ1n) is 11.8. The monoisotopic (exact) mass is 560 g/mol. The normalized spacial score (nSPS) is 22.1. The van der Waals surface area contributed by atoms with Crippen LogP contribution in [0.15, 0.2) is 24.9 Å². The molecule has 196 valence electrons. The van der Waals surface area contributed by atoms with Crippen molar-refractivity contribution in [3.63, 3.8) is 0 Å². The summed E-state index contributed by atoms with van der Waals surface area (Å²) in [5.74, 6) is -0.539. The molecule has 2 N–H and O–H groups in total. The molecule has 0 aromatic carbocycles. The molecule has 2 unspecified atom stereocenters. The van der Waals surface area contributed by atoms with Gasteiger partial charge in [0.05, 0.1) is 23.2 Å². The van der Waals surface area contributed by atoms with E-state index in [4.69, 9.17) is 49.1 Å². The Morgan fingerprint density at radius 2 is 1.78 bits per heavy atom.